The number of ether oxygens (including phenoxy) is 5. The van der Waals surface area contributed by atoms with E-state index in [2.05, 4.69) is 9.80 Å². The van der Waals surface area contributed by atoms with E-state index in [1.165, 1.54) is 13.2 Å². The summed E-state index contributed by atoms with van der Waals surface area (Å²) < 4.78 is 63.1. The van der Waals surface area contributed by atoms with Gasteiger partial charge in [0.15, 0.2) is 12.6 Å². The number of rotatable bonds is 11. The van der Waals surface area contributed by atoms with Gasteiger partial charge in [-0.25, -0.2) is 18.6 Å². The normalized spacial score (nSPS) is 23.5. The van der Waals surface area contributed by atoms with Gasteiger partial charge in [-0.15, -0.1) is 0 Å². The molecule has 1 N–H and O–H groups in total. The number of hydrogen-bond acceptors (Lipinski definition) is 12. The Labute approximate surface area is 336 Å². The Morgan fingerprint density at radius 3 is 2.62 bits per heavy atom. The van der Waals surface area contributed by atoms with Crippen molar-refractivity contribution in [3.63, 3.8) is 0 Å². The largest absolute Gasteiger partial charge is 0.475 e. The Hall–Kier alpha value is -4.60. The summed E-state index contributed by atoms with van der Waals surface area (Å²) in [5.74, 6) is -0.179. The minimum absolute atomic E-state index is 0.0285. The van der Waals surface area contributed by atoms with Crippen LogP contribution in [0.3, 0.4) is 0 Å². The number of hydrogen-bond donors (Lipinski definition) is 1. The van der Waals surface area contributed by atoms with Crippen molar-refractivity contribution in [2.24, 2.45) is 5.41 Å². The zero-order chi connectivity index (χ0) is 40.5. The van der Waals surface area contributed by atoms with Crippen molar-refractivity contribution in [2.75, 3.05) is 58.3 Å². The van der Waals surface area contributed by atoms with Crippen molar-refractivity contribution in [2.45, 2.75) is 102 Å². The lowest BCUT2D eigenvalue weighted by Crippen LogP contribution is -2.63. The van der Waals surface area contributed by atoms with Gasteiger partial charge in [0.05, 0.1) is 31.3 Å². The highest BCUT2D eigenvalue weighted by Crippen LogP contribution is 2.49. The second kappa shape index (κ2) is 14.9. The van der Waals surface area contributed by atoms with Crippen LogP contribution in [0.5, 0.6) is 17.6 Å². The number of aliphatic hydroxyl groups is 1. The highest BCUT2D eigenvalue weighted by Gasteiger charge is 2.52. The maximum absolute atomic E-state index is 17.6. The molecule has 4 atom stereocenters. The Kier molecular flexibility index (Phi) is 9.99. The monoisotopic (exact) mass is 802 g/mol. The number of fused-ring (bicyclic) bond motifs is 6. The molecule has 15 heteroatoms. The van der Waals surface area contributed by atoms with E-state index < -0.39 is 17.2 Å². The molecule has 4 aliphatic heterocycles. The van der Waals surface area contributed by atoms with Gasteiger partial charge in [0, 0.05) is 37.2 Å². The molecule has 4 aromatic rings. The van der Waals surface area contributed by atoms with E-state index in [0.29, 0.717) is 58.4 Å². The Balaban J connectivity index is 1.17. The van der Waals surface area contributed by atoms with Crippen molar-refractivity contribution in [1.82, 2.24) is 24.8 Å². The first kappa shape index (κ1) is 38.9. The van der Waals surface area contributed by atoms with E-state index in [-0.39, 0.29) is 78.8 Å². The molecule has 2 aromatic carbocycles. The lowest BCUT2D eigenvalue weighted by Gasteiger charge is -2.46. The summed E-state index contributed by atoms with van der Waals surface area (Å²) in [6.45, 7) is 10.1. The predicted octanol–water partition coefficient (Wildman–Crippen LogP) is 6.63. The second-order valence-corrected chi connectivity index (χ2v) is 17.6. The quantitative estimate of drug-likeness (QED) is 0.163. The fourth-order valence-electron chi connectivity index (χ4n) is 9.62. The number of aliphatic hydroxyl groups excluding tert-OH is 1. The number of anilines is 1. The van der Waals surface area contributed by atoms with E-state index in [4.69, 9.17) is 38.6 Å². The SMILES string of the molecule is CCc1c(F)ccc2cc(OCOC)cc(-c3nc4c5c(nc(OCC6(CN7CCCC7CO)CC6)nc5c3F)N3CC5CCC(C3CO4)N5C(=O)OC(C)(C)C)c12. The van der Waals surface area contributed by atoms with Gasteiger partial charge in [-0.2, -0.15) is 9.97 Å². The first-order valence-corrected chi connectivity index (χ1v) is 20.6. The van der Waals surface area contributed by atoms with Gasteiger partial charge in [0.2, 0.25) is 5.88 Å². The molecule has 0 spiro atoms. The van der Waals surface area contributed by atoms with Crippen LogP contribution in [0.25, 0.3) is 32.9 Å². The Morgan fingerprint density at radius 2 is 1.88 bits per heavy atom. The second-order valence-electron chi connectivity index (χ2n) is 17.6. The van der Waals surface area contributed by atoms with E-state index in [0.717, 1.165) is 51.6 Å². The van der Waals surface area contributed by atoms with Gasteiger partial charge >= 0.3 is 12.1 Å². The summed E-state index contributed by atoms with van der Waals surface area (Å²) in [5.41, 5.74) is -0.166. The molecular formula is C43H52F2N6O7. The molecule has 1 saturated carbocycles. The van der Waals surface area contributed by atoms with Gasteiger partial charge < -0.3 is 33.7 Å². The number of carbonyl (C=O) groups is 1. The molecule has 1 amide bonds. The molecule has 3 saturated heterocycles. The number of aryl methyl sites for hydroxylation is 1. The maximum Gasteiger partial charge on any atom is 0.410 e. The average molecular weight is 803 g/mol. The lowest BCUT2D eigenvalue weighted by molar-refractivity contribution is 0.00537. The van der Waals surface area contributed by atoms with E-state index in [1.54, 1.807) is 18.2 Å². The molecule has 13 nitrogen and oxygen atoms in total. The molecule has 4 fully saturated rings. The van der Waals surface area contributed by atoms with E-state index in [1.807, 2.05) is 32.6 Å². The topological polar surface area (TPSA) is 132 Å². The fraction of sp³-hybridized carbons (Fsp3) is 0.581. The molecular weight excluding hydrogens is 751 g/mol. The number of carbonyl (C=O) groups excluding carboxylic acids is 1. The van der Waals surface area contributed by atoms with Crippen molar-refractivity contribution < 1.29 is 42.4 Å². The third kappa shape index (κ3) is 6.92. The number of methoxy groups -OCH3 is 1. The predicted molar refractivity (Wildman–Crippen MR) is 212 cm³/mol. The molecule has 310 valence electrons. The molecule has 2 bridgehead atoms. The van der Waals surface area contributed by atoms with E-state index in [9.17, 15) is 9.90 Å². The van der Waals surface area contributed by atoms with Gasteiger partial charge in [-0.05, 0) is 107 Å². The van der Waals surface area contributed by atoms with Gasteiger partial charge in [-0.3, -0.25) is 9.80 Å². The molecule has 9 rings (SSSR count). The Bertz CT molecular complexity index is 2250. The summed E-state index contributed by atoms with van der Waals surface area (Å²) in [4.78, 5) is 34.6. The molecule has 6 heterocycles. The van der Waals surface area contributed by atoms with Crippen LogP contribution in [0.1, 0.15) is 71.8 Å². The summed E-state index contributed by atoms with van der Waals surface area (Å²) in [5, 5.41) is 11.4. The van der Waals surface area contributed by atoms with Crippen LogP contribution < -0.4 is 19.1 Å². The molecule has 4 unspecified atom stereocenters. The lowest BCUT2D eigenvalue weighted by atomic mass is 9.94. The summed E-state index contributed by atoms with van der Waals surface area (Å²) in [6.07, 6.45) is 5.42. The van der Waals surface area contributed by atoms with Gasteiger partial charge in [0.25, 0.3) is 0 Å². The van der Waals surface area contributed by atoms with Gasteiger partial charge in [-0.1, -0.05) is 13.0 Å². The number of nitrogens with zero attached hydrogens (tertiary/aromatic N) is 6. The molecule has 58 heavy (non-hydrogen) atoms. The average Bonchev–Trinajstić information content (AvgIpc) is 3.73. The van der Waals surface area contributed by atoms with E-state index >= 15 is 8.78 Å². The van der Waals surface area contributed by atoms with Crippen LogP contribution in [0, 0.1) is 17.0 Å². The zero-order valence-electron chi connectivity index (χ0n) is 33.9. The van der Waals surface area contributed by atoms with Crippen molar-refractivity contribution in [3.8, 4) is 28.9 Å². The zero-order valence-corrected chi connectivity index (χ0v) is 33.9. The third-order valence-corrected chi connectivity index (χ3v) is 12.6. The first-order valence-electron chi connectivity index (χ1n) is 20.6. The van der Waals surface area contributed by atoms with Crippen LogP contribution in [-0.4, -0.2) is 119 Å². The van der Waals surface area contributed by atoms with Crippen LogP contribution in [0.4, 0.5) is 19.4 Å². The highest BCUT2D eigenvalue weighted by atomic mass is 19.1. The number of benzene rings is 2. The summed E-state index contributed by atoms with van der Waals surface area (Å²) in [7, 11) is 1.51. The third-order valence-electron chi connectivity index (χ3n) is 12.6. The van der Waals surface area contributed by atoms with Crippen LogP contribution in [0.2, 0.25) is 0 Å². The summed E-state index contributed by atoms with van der Waals surface area (Å²) >= 11 is 0. The number of aromatic nitrogens is 3. The molecule has 1 aliphatic carbocycles. The smallest absolute Gasteiger partial charge is 0.410 e. The minimum atomic E-state index is -0.731. The minimum Gasteiger partial charge on any atom is -0.475 e. The number of pyridine rings is 1. The van der Waals surface area contributed by atoms with Crippen molar-refractivity contribution in [3.05, 3.63) is 41.5 Å². The van der Waals surface area contributed by atoms with Crippen LogP contribution in [0.15, 0.2) is 24.3 Å². The fourth-order valence-corrected chi connectivity index (χ4v) is 9.62. The Morgan fingerprint density at radius 1 is 1.05 bits per heavy atom. The number of halogens is 2. The number of amides is 1. The summed E-state index contributed by atoms with van der Waals surface area (Å²) in [6, 6.07) is 5.86. The molecule has 2 aromatic heterocycles. The number of likely N-dealkylation sites (tertiary alicyclic amines) is 1. The highest BCUT2D eigenvalue weighted by molar-refractivity contribution is 6.03. The van der Waals surface area contributed by atoms with Crippen LogP contribution >= 0.6 is 0 Å². The van der Waals surface area contributed by atoms with Crippen LogP contribution in [-0.2, 0) is 15.9 Å². The maximum atomic E-state index is 17.6. The number of piperazine rings is 1. The van der Waals surface area contributed by atoms with Crippen molar-refractivity contribution in [1.29, 1.82) is 0 Å². The first-order chi connectivity index (χ1) is 27.9. The molecule has 5 aliphatic rings. The standard InChI is InChI=1S/C43H52F2N6O7/c1-6-28-30(44)11-9-24-16-27(57-23-54-5)17-29(33(24)28)36-35(45)37-34-38(48-40(47-37)56-22-43(13-14-43)21-49-15-7-8-26(49)19-52)50-18-25-10-12-31(32(50)20-55-39(34)46-36)51(25)41(53)58-42(2,3)4/h9,11,16-17,25-26,31-32,52H,6-8,10,12-15,18-23H2,1-5H3. The van der Waals surface area contributed by atoms with Crippen molar-refractivity contribution >= 4 is 33.6 Å². The van der Waals surface area contributed by atoms with Gasteiger partial charge in [0.1, 0.15) is 46.2 Å². The molecule has 0 radical (unpaired) electrons.